The predicted octanol–water partition coefficient (Wildman–Crippen LogP) is 5.69. The second kappa shape index (κ2) is 15.1. The molecule has 5 heteroatoms. The van der Waals surface area contributed by atoms with Crippen LogP contribution in [0.1, 0.15) is 49.8 Å². The third kappa shape index (κ3) is 10.0. The fraction of sp³-hybridized carbons (Fsp3) is 0.500. The summed E-state index contributed by atoms with van der Waals surface area (Å²) >= 11 is 0. The lowest BCUT2D eigenvalue weighted by atomic mass is 10.1. The van der Waals surface area contributed by atoms with Crippen LogP contribution in [0.15, 0.2) is 42.5 Å². The molecule has 0 amide bonds. The first-order chi connectivity index (χ1) is 13.7. The maximum atomic E-state index is 6.00. The Labute approximate surface area is 182 Å². The first-order valence-electron chi connectivity index (χ1n) is 10.5. The summed E-state index contributed by atoms with van der Waals surface area (Å²) in [4.78, 5) is 0. The molecule has 0 aliphatic heterocycles. The highest BCUT2D eigenvalue weighted by atomic mass is 35.5. The molecule has 29 heavy (non-hydrogen) atoms. The van der Waals surface area contributed by atoms with E-state index in [1.54, 1.807) is 0 Å². The van der Waals surface area contributed by atoms with Gasteiger partial charge in [-0.3, -0.25) is 0 Å². The minimum atomic E-state index is 0. The van der Waals surface area contributed by atoms with Crippen molar-refractivity contribution >= 4 is 12.4 Å². The molecule has 0 aromatic heterocycles. The van der Waals surface area contributed by atoms with Crippen LogP contribution in [0, 0.1) is 6.92 Å². The van der Waals surface area contributed by atoms with Crippen LogP contribution < -0.4 is 14.8 Å². The average molecular weight is 422 g/mol. The van der Waals surface area contributed by atoms with E-state index in [2.05, 4.69) is 55.6 Å². The van der Waals surface area contributed by atoms with Gasteiger partial charge in [-0.2, -0.15) is 0 Å². The lowest BCUT2D eigenvalue weighted by molar-refractivity contribution is 0.129. The molecule has 0 unspecified atom stereocenters. The number of halogens is 1. The van der Waals surface area contributed by atoms with Crippen molar-refractivity contribution in [3.8, 4) is 11.5 Å². The summed E-state index contributed by atoms with van der Waals surface area (Å²) in [6, 6.07) is 14.6. The second-order valence-corrected chi connectivity index (χ2v) is 6.98. The van der Waals surface area contributed by atoms with Crippen LogP contribution in [0.25, 0.3) is 0 Å². The van der Waals surface area contributed by atoms with Gasteiger partial charge < -0.3 is 19.5 Å². The van der Waals surface area contributed by atoms with Crippen LogP contribution in [-0.4, -0.2) is 26.4 Å². The number of benzene rings is 2. The van der Waals surface area contributed by atoms with E-state index in [0.29, 0.717) is 13.2 Å². The molecular formula is C24H36ClNO3. The molecule has 2 rings (SSSR count). The zero-order valence-corrected chi connectivity index (χ0v) is 18.9. The van der Waals surface area contributed by atoms with Gasteiger partial charge >= 0.3 is 0 Å². The van der Waals surface area contributed by atoms with Crippen LogP contribution in [-0.2, 0) is 17.9 Å². The molecule has 0 spiro atoms. The van der Waals surface area contributed by atoms with Crippen LogP contribution >= 0.6 is 12.4 Å². The zero-order chi connectivity index (χ0) is 20.0. The SMILES string of the molecule is CCCCOCCCNCc1ccc(OCc2ccc(C)cc2)c(OCC)c1.Cl. The Morgan fingerprint density at radius 3 is 2.28 bits per heavy atom. The number of hydrogen-bond acceptors (Lipinski definition) is 4. The zero-order valence-electron chi connectivity index (χ0n) is 18.0. The van der Waals surface area contributed by atoms with Gasteiger partial charge in [-0.1, -0.05) is 49.2 Å². The Morgan fingerprint density at radius 2 is 1.55 bits per heavy atom. The van der Waals surface area contributed by atoms with E-state index in [0.717, 1.165) is 56.2 Å². The molecule has 0 saturated carbocycles. The van der Waals surface area contributed by atoms with Crippen LogP contribution in [0.2, 0.25) is 0 Å². The molecule has 0 atom stereocenters. The number of hydrogen-bond donors (Lipinski definition) is 1. The molecule has 1 N–H and O–H groups in total. The van der Waals surface area contributed by atoms with Gasteiger partial charge in [0.25, 0.3) is 0 Å². The molecule has 0 aliphatic rings. The van der Waals surface area contributed by atoms with Gasteiger partial charge in [0.2, 0.25) is 0 Å². The third-order valence-corrected chi connectivity index (χ3v) is 4.44. The first-order valence-corrected chi connectivity index (χ1v) is 10.5. The summed E-state index contributed by atoms with van der Waals surface area (Å²) in [6.07, 6.45) is 3.36. The largest absolute Gasteiger partial charge is 0.490 e. The highest BCUT2D eigenvalue weighted by Crippen LogP contribution is 2.29. The van der Waals surface area contributed by atoms with E-state index < -0.39 is 0 Å². The maximum Gasteiger partial charge on any atom is 0.161 e. The van der Waals surface area contributed by atoms with Crippen molar-refractivity contribution in [1.82, 2.24) is 5.32 Å². The van der Waals surface area contributed by atoms with Crippen molar-refractivity contribution in [1.29, 1.82) is 0 Å². The van der Waals surface area contributed by atoms with Crippen LogP contribution in [0.5, 0.6) is 11.5 Å². The van der Waals surface area contributed by atoms with Gasteiger partial charge in [-0.25, -0.2) is 0 Å². The predicted molar refractivity (Wildman–Crippen MR) is 122 cm³/mol. The first kappa shape index (κ1) is 25.3. The van der Waals surface area contributed by atoms with E-state index in [4.69, 9.17) is 14.2 Å². The smallest absolute Gasteiger partial charge is 0.161 e. The molecule has 2 aromatic rings. The molecule has 0 bridgehead atoms. The summed E-state index contributed by atoms with van der Waals surface area (Å²) in [5.74, 6) is 1.59. The van der Waals surface area contributed by atoms with Crippen molar-refractivity contribution in [3.63, 3.8) is 0 Å². The van der Waals surface area contributed by atoms with Crippen molar-refractivity contribution in [2.45, 2.75) is 53.2 Å². The summed E-state index contributed by atoms with van der Waals surface area (Å²) in [7, 11) is 0. The van der Waals surface area contributed by atoms with Gasteiger partial charge in [0, 0.05) is 19.8 Å². The molecule has 162 valence electrons. The van der Waals surface area contributed by atoms with Crippen molar-refractivity contribution in [3.05, 3.63) is 59.2 Å². The lowest BCUT2D eigenvalue weighted by Crippen LogP contribution is -2.16. The molecule has 4 nitrogen and oxygen atoms in total. The van der Waals surface area contributed by atoms with Crippen molar-refractivity contribution in [2.24, 2.45) is 0 Å². The highest BCUT2D eigenvalue weighted by Gasteiger charge is 2.07. The molecule has 0 aliphatic carbocycles. The molecule has 0 heterocycles. The highest BCUT2D eigenvalue weighted by molar-refractivity contribution is 5.85. The van der Waals surface area contributed by atoms with Crippen molar-refractivity contribution < 1.29 is 14.2 Å². The number of unbranched alkanes of at least 4 members (excludes halogenated alkanes) is 1. The molecular weight excluding hydrogens is 386 g/mol. The molecule has 0 saturated heterocycles. The molecule has 0 radical (unpaired) electrons. The summed E-state index contributed by atoms with van der Waals surface area (Å²) in [6.45, 7) is 10.9. The minimum Gasteiger partial charge on any atom is -0.490 e. The Hall–Kier alpha value is -1.75. The Kier molecular flexibility index (Phi) is 13.2. The van der Waals surface area contributed by atoms with Gasteiger partial charge in [0.05, 0.1) is 6.61 Å². The summed E-state index contributed by atoms with van der Waals surface area (Å²) in [5, 5.41) is 3.47. The van der Waals surface area contributed by atoms with Crippen LogP contribution in [0.4, 0.5) is 0 Å². The van der Waals surface area contributed by atoms with Gasteiger partial charge in [-0.15, -0.1) is 12.4 Å². The van der Waals surface area contributed by atoms with Gasteiger partial charge in [0.1, 0.15) is 6.61 Å². The number of rotatable bonds is 14. The van der Waals surface area contributed by atoms with E-state index >= 15 is 0 Å². The quantitative estimate of drug-likeness (QED) is 0.397. The fourth-order valence-electron chi connectivity index (χ4n) is 2.78. The monoisotopic (exact) mass is 421 g/mol. The Balaban J connectivity index is 0.00000420. The maximum absolute atomic E-state index is 6.00. The lowest BCUT2D eigenvalue weighted by Gasteiger charge is -2.14. The summed E-state index contributed by atoms with van der Waals surface area (Å²) < 4.78 is 17.4. The van der Waals surface area contributed by atoms with E-state index in [-0.39, 0.29) is 12.4 Å². The van der Waals surface area contributed by atoms with E-state index in [9.17, 15) is 0 Å². The van der Waals surface area contributed by atoms with Gasteiger partial charge in [0.15, 0.2) is 11.5 Å². The fourth-order valence-corrected chi connectivity index (χ4v) is 2.78. The number of ether oxygens (including phenoxy) is 3. The Bertz CT molecular complexity index is 676. The number of aryl methyl sites for hydroxylation is 1. The minimum absolute atomic E-state index is 0. The molecule has 2 aromatic carbocycles. The standard InChI is InChI=1S/C24H35NO3.ClH/c1-4-6-15-26-16-7-14-25-18-22-12-13-23(24(17-22)27-5-2)28-19-21-10-8-20(3)9-11-21;/h8-13,17,25H,4-7,14-16,18-19H2,1-3H3;1H. The topological polar surface area (TPSA) is 39.7 Å². The average Bonchev–Trinajstić information content (AvgIpc) is 2.71. The second-order valence-electron chi connectivity index (χ2n) is 6.98. The normalized spacial score (nSPS) is 10.4. The number of nitrogens with one attached hydrogen (secondary N) is 1. The summed E-state index contributed by atoms with van der Waals surface area (Å²) in [5.41, 5.74) is 3.60. The van der Waals surface area contributed by atoms with Crippen molar-refractivity contribution in [2.75, 3.05) is 26.4 Å². The van der Waals surface area contributed by atoms with E-state index in [1.165, 1.54) is 17.5 Å². The third-order valence-electron chi connectivity index (χ3n) is 4.44. The van der Waals surface area contributed by atoms with Gasteiger partial charge in [-0.05, 0) is 56.5 Å². The van der Waals surface area contributed by atoms with E-state index in [1.807, 2.05) is 13.0 Å². The van der Waals surface area contributed by atoms with Crippen LogP contribution in [0.3, 0.4) is 0 Å². The Morgan fingerprint density at radius 1 is 0.828 bits per heavy atom. The molecule has 0 fully saturated rings.